The average molecular weight is 274 g/mol. The van der Waals surface area contributed by atoms with Crippen LogP contribution in [-0.2, 0) is 14.6 Å². The number of hydrogen-bond donors (Lipinski definition) is 0. The fourth-order valence-corrected chi connectivity index (χ4v) is 5.12. The molecule has 0 aliphatic carbocycles. The van der Waals surface area contributed by atoms with Crippen LogP contribution in [0.5, 0.6) is 0 Å². The third kappa shape index (κ3) is 2.54. The van der Waals surface area contributed by atoms with E-state index in [1.807, 2.05) is 0 Å². The molecule has 0 saturated carbocycles. The largest absolute Gasteiger partial charge is 0.338 e. The van der Waals surface area contributed by atoms with Crippen molar-refractivity contribution < 1.29 is 13.2 Å². The second kappa shape index (κ2) is 5.17. The molecule has 0 aromatic carbocycles. The van der Waals surface area contributed by atoms with Crippen LogP contribution in [0.4, 0.5) is 0 Å². The van der Waals surface area contributed by atoms with Crippen molar-refractivity contribution in [3.8, 4) is 0 Å². The van der Waals surface area contributed by atoms with Crippen LogP contribution >= 0.6 is 0 Å². The number of nitrogens with zero attached hydrogens (tertiary/aromatic N) is 2. The lowest BCUT2D eigenvalue weighted by molar-refractivity contribution is -0.131. The van der Waals surface area contributed by atoms with E-state index < -0.39 is 9.84 Å². The molecule has 0 N–H and O–H groups in total. The fourth-order valence-electron chi connectivity index (χ4n) is 3.14. The molecule has 2 heterocycles. The number of amides is 1. The molecule has 0 bridgehead atoms. The second-order valence-electron chi connectivity index (χ2n) is 5.20. The summed E-state index contributed by atoms with van der Waals surface area (Å²) < 4.78 is 24.4. The summed E-state index contributed by atoms with van der Waals surface area (Å²) in [5.41, 5.74) is 0. The standard InChI is InChI=1S/C12H22N2O3S/c1-3-13-6-4-11-12(5-7-13)18(16,17)9-8-14(11)10(2)15/h11-12H,3-9H2,1-2H3/t11-,12+/m1/s1. The van der Waals surface area contributed by atoms with Crippen LogP contribution in [0.2, 0.25) is 0 Å². The van der Waals surface area contributed by atoms with Gasteiger partial charge in [-0.3, -0.25) is 4.79 Å². The van der Waals surface area contributed by atoms with Crippen LogP contribution in [0, 0.1) is 0 Å². The van der Waals surface area contributed by atoms with Gasteiger partial charge in [0.15, 0.2) is 9.84 Å². The Morgan fingerprint density at radius 1 is 1.22 bits per heavy atom. The molecule has 2 saturated heterocycles. The van der Waals surface area contributed by atoms with Gasteiger partial charge in [-0.1, -0.05) is 6.92 Å². The van der Waals surface area contributed by atoms with Crippen LogP contribution < -0.4 is 0 Å². The molecule has 0 spiro atoms. The van der Waals surface area contributed by atoms with Crippen molar-refractivity contribution in [3.63, 3.8) is 0 Å². The molecule has 2 aliphatic rings. The minimum atomic E-state index is -3.03. The highest BCUT2D eigenvalue weighted by Gasteiger charge is 2.43. The lowest BCUT2D eigenvalue weighted by Crippen LogP contribution is -2.56. The summed E-state index contributed by atoms with van der Waals surface area (Å²) in [5, 5.41) is -0.355. The lowest BCUT2D eigenvalue weighted by Gasteiger charge is -2.39. The van der Waals surface area contributed by atoms with Crippen LogP contribution in [0.1, 0.15) is 26.7 Å². The molecular weight excluding hydrogens is 252 g/mol. The van der Waals surface area contributed by atoms with Crippen LogP contribution in [0.25, 0.3) is 0 Å². The molecular formula is C12H22N2O3S. The minimum Gasteiger partial charge on any atom is -0.338 e. The Hall–Kier alpha value is -0.620. The minimum absolute atomic E-state index is 0.00449. The summed E-state index contributed by atoms with van der Waals surface area (Å²) in [6.07, 6.45) is 1.43. The maximum Gasteiger partial charge on any atom is 0.219 e. The molecule has 2 rings (SSSR count). The van der Waals surface area contributed by atoms with E-state index in [0.717, 1.165) is 26.1 Å². The molecule has 1 amide bonds. The third-order valence-electron chi connectivity index (χ3n) is 4.23. The van der Waals surface area contributed by atoms with Gasteiger partial charge in [0.25, 0.3) is 0 Å². The van der Waals surface area contributed by atoms with Crippen molar-refractivity contribution in [2.24, 2.45) is 0 Å². The van der Waals surface area contributed by atoms with E-state index in [9.17, 15) is 13.2 Å². The van der Waals surface area contributed by atoms with Crippen molar-refractivity contribution in [2.45, 2.75) is 38.0 Å². The predicted molar refractivity (Wildman–Crippen MR) is 70.1 cm³/mol. The molecule has 0 aromatic heterocycles. The van der Waals surface area contributed by atoms with Gasteiger partial charge >= 0.3 is 0 Å². The Bertz CT molecular complexity index is 421. The number of hydrogen-bond acceptors (Lipinski definition) is 4. The molecule has 5 nitrogen and oxygen atoms in total. The Balaban J connectivity index is 2.25. The monoisotopic (exact) mass is 274 g/mol. The molecule has 2 atom stereocenters. The number of sulfone groups is 1. The van der Waals surface area contributed by atoms with Gasteiger partial charge < -0.3 is 9.80 Å². The van der Waals surface area contributed by atoms with Crippen molar-refractivity contribution in [3.05, 3.63) is 0 Å². The van der Waals surface area contributed by atoms with Crippen LogP contribution in [0.3, 0.4) is 0 Å². The quantitative estimate of drug-likeness (QED) is 0.681. The Morgan fingerprint density at radius 3 is 2.50 bits per heavy atom. The van der Waals surface area contributed by atoms with Gasteiger partial charge in [0.05, 0.1) is 11.0 Å². The van der Waals surface area contributed by atoms with Crippen molar-refractivity contribution in [1.29, 1.82) is 0 Å². The number of rotatable bonds is 1. The normalized spacial score (nSPS) is 32.7. The van der Waals surface area contributed by atoms with Crippen molar-refractivity contribution in [2.75, 3.05) is 31.9 Å². The lowest BCUT2D eigenvalue weighted by atomic mass is 10.1. The van der Waals surface area contributed by atoms with E-state index >= 15 is 0 Å². The highest BCUT2D eigenvalue weighted by molar-refractivity contribution is 7.92. The maximum atomic E-state index is 12.2. The van der Waals surface area contributed by atoms with Crippen LogP contribution in [0.15, 0.2) is 0 Å². The Morgan fingerprint density at radius 2 is 1.89 bits per heavy atom. The van der Waals surface area contributed by atoms with E-state index in [1.165, 1.54) is 6.92 Å². The summed E-state index contributed by atoms with van der Waals surface area (Å²) in [5.74, 6) is 0.129. The highest BCUT2D eigenvalue weighted by Crippen LogP contribution is 2.27. The first-order valence-electron chi connectivity index (χ1n) is 6.67. The smallest absolute Gasteiger partial charge is 0.219 e. The second-order valence-corrected chi connectivity index (χ2v) is 7.54. The molecule has 0 aromatic rings. The first kappa shape index (κ1) is 13.8. The van der Waals surface area contributed by atoms with Gasteiger partial charge in [-0.2, -0.15) is 0 Å². The SMILES string of the molecule is CCN1CC[C@@H]2[C@H](CC1)S(=O)(=O)CCN2C(C)=O. The number of carbonyl (C=O) groups is 1. The van der Waals surface area contributed by atoms with E-state index in [2.05, 4.69) is 11.8 Å². The topological polar surface area (TPSA) is 57.7 Å². The van der Waals surface area contributed by atoms with Crippen molar-refractivity contribution in [1.82, 2.24) is 9.80 Å². The summed E-state index contributed by atoms with van der Waals surface area (Å²) >= 11 is 0. The first-order valence-corrected chi connectivity index (χ1v) is 8.38. The van der Waals surface area contributed by atoms with E-state index in [4.69, 9.17) is 0 Å². The van der Waals surface area contributed by atoms with E-state index in [-0.39, 0.29) is 23.0 Å². The summed E-state index contributed by atoms with van der Waals surface area (Å²) in [7, 11) is -3.03. The van der Waals surface area contributed by atoms with Gasteiger partial charge in [0, 0.05) is 26.1 Å². The summed E-state index contributed by atoms with van der Waals surface area (Å²) in [6, 6.07) is -0.113. The Labute approximate surface area is 109 Å². The van der Waals surface area contributed by atoms with Crippen LogP contribution in [-0.4, -0.2) is 67.3 Å². The molecule has 0 radical (unpaired) electrons. The third-order valence-corrected chi connectivity index (χ3v) is 6.45. The van der Waals surface area contributed by atoms with Gasteiger partial charge in [-0.15, -0.1) is 0 Å². The summed E-state index contributed by atoms with van der Waals surface area (Å²) in [4.78, 5) is 15.7. The van der Waals surface area contributed by atoms with E-state index in [0.29, 0.717) is 13.0 Å². The molecule has 6 heteroatoms. The zero-order chi connectivity index (χ0) is 13.3. The average Bonchev–Trinajstić information content (AvgIpc) is 2.51. The van der Waals surface area contributed by atoms with Crippen molar-refractivity contribution >= 4 is 15.7 Å². The number of carbonyl (C=O) groups excluding carboxylic acids is 1. The van der Waals surface area contributed by atoms with Gasteiger partial charge in [0.2, 0.25) is 5.91 Å². The Kier molecular flexibility index (Phi) is 3.96. The zero-order valence-corrected chi connectivity index (χ0v) is 11.9. The fraction of sp³-hybridized carbons (Fsp3) is 0.917. The zero-order valence-electron chi connectivity index (χ0n) is 11.1. The molecule has 0 unspecified atom stereocenters. The molecule has 18 heavy (non-hydrogen) atoms. The first-order chi connectivity index (χ1) is 8.45. The highest BCUT2D eigenvalue weighted by atomic mass is 32.2. The number of fused-ring (bicyclic) bond motifs is 1. The molecule has 2 fully saturated rings. The molecule has 104 valence electrons. The van der Waals surface area contributed by atoms with Gasteiger partial charge in [-0.25, -0.2) is 8.42 Å². The summed E-state index contributed by atoms with van der Waals surface area (Å²) in [6.45, 7) is 6.65. The predicted octanol–water partition coefficient (Wildman–Crippen LogP) is 0.116. The number of likely N-dealkylation sites (tertiary alicyclic amines) is 1. The maximum absolute atomic E-state index is 12.2. The molecule has 2 aliphatic heterocycles. The van der Waals surface area contributed by atoms with Gasteiger partial charge in [-0.05, 0) is 25.9 Å². The van der Waals surface area contributed by atoms with E-state index in [1.54, 1.807) is 4.90 Å². The van der Waals surface area contributed by atoms with Gasteiger partial charge in [0.1, 0.15) is 0 Å².